The van der Waals surface area contributed by atoms with Crippen LogP contribution in [-0.4, -0.2) is 47.3 Å². The van der Waals surface area contributed by atoms with Crippen LogP contribution in [0.25, 0.3) is 22.3 Å². The number of carbonyl (C=O) groups is 1. The number of nitrogens with zero attached hydrogens (tertiary/aromatic N) is 3. The van der Waals surface area contributed by atoms with E-state index in [9.17, 15) is 9.90 Å². The summed E-state index contributed by atoms with van der Waals surface area (Å²) in [7, 11) is 0. The second-order valence-electron chi connectivity index (χ2n) is 5.87. The fourth-order valence-corrected chi connectivity index (χ4v) is 3.00. The van der Waals surface area contributed by atoms with Crippen molar-refractivity contribution in [2.45, 2.75) is 0 Å². The summed E-state index contributed by atoms with van der Waals surface area (Å²) in [4.78, 5) is 22.8. The Bertz CT molecular complexity index is 936. The highest BCUT2D eigenvalue weighted by Crippen LogP contribution is 2.28. The van der Waals surface area contributed by atoms with Gasteiger partial charge in [0.1, 0.15) is 5.82 Å². The third kappa shape index (κ3) is 3.04. The number of fused-ring (bicyclic) bond motifs is 1. The molecular formula is C19H17N3O3. The number of aromatic carboxylic acids is 1. The Hall–Kier alpha value is -2.99. The summed E-state index contributed by atoms with van der Waals surface area (Å²) in [5.41, 5.74) is 1.76. The third-order valence-electron chi connectivity index (χ3n) is 4.26. The largest absolute Gasteiger partial charge is 0.478 e. The molecule has 25 heavy (non-hydrogen) atoms. The van der Waals surface area contributed by atoms with Gasteiger partial charge in [-0.25, -0.2) is 14.8 Å². The molecule has 6 heteroatoms. The first-order valence-corrected chi connectivity index (χ1v) is 8.15. The smallest absolute Gasteiger partial charge is 0.335 e. The lowest BCUT2D eigenvalue weighted by Gasteiger charge is -2.29. The van der Waals surface area contributed by atoms with Gasteiger partial charge in [0.2, 0.25) is 0 Å². The van der Waals surface area contributed by atoms with Gasteiger partial charge in [0, 0.05) is 24.0 Å². The van der Waals surface area contributed by atoms with E-state index >= 15 is 0 Å². The maximum absolute atomic E-state index is 11.2. The summed E-state index contributed by atoms with van der Waals surface area (Å²) in [6, 6.07) is 14.6. The van der Waals surface area contributed by atoms with Crippen LogP contribution >= 0.6 is 0 Å². The van der Waals surface area contributed by atoms with E-state index in [1.54, 1.807) is 18.2 Å². The molecule has 0 atom stereocenters. The van der Waals surface area contributed by atoms with Crippen molar-refractivity contribution in [1.82, 2.24) is 9.97 Å². The van der Waals surface area contributed by atoms with Crippen molar-refractivity contribution in [1.29, 1.82) is 0 Å². The second-order valence-corrected chi connectivity index (χ2v) is 5.87. The van der Waals surface area contributed by atoms with E-state index in [4.69, 9.17) is 9.72 Å². The molecule has 1 N–H and O–H groups in total. The molecule has 2 aromatic carbocycles. The van der Waals surface area contributed by atoms with E-state index in [0.29, 0.717) is 24.6 Å². The summed E-state index contributed by atoms with van der Waals surface area (Å²) in [6.45, 7) is 2.88. The highest BCUT2D eigenvalue weighted by molar-refractivity contribution is 5.92. The maximum atomic E-state index is 11.2. The first-order chi connectivity index (χ1) is 12.2. The highest BCUT2D eigenvalue weighted by atomic mass is 16.5. The monoisotopic (exact) mass is 335 g/mol. The molecule has 0 saturated carbocycles. The third-order valence-corrected chi connectivity index (χ3v) is 4.26. The van der Waals surface area contributed by atoms with Gasteiger partial charge in [0.25, 0.3) is 0 Å². The fraction of sp³-hybridized carbons (Fsp3) is 0.211. The average molecular weight is 335 g/mol. The summed E-state index contributed by atoms with van der Waals surface area (Å²) in [5, 5.41) is 10.2. The van der Waals surface area contributed by atoms with E-state index in [1.807, 2.05) is 30.3 Å². The van der Waals surface area contributed by atoms with Crippen LogP contribution in [0.3, 0.4) is 0 Å². The topological polar surface area (TPSA) is 75.5 Å². The van der Waals surface area contributed by atoms with E-state index in [0.717, 1.165) is 29.8 Å². The Morgan fingerprint density at radius 2 is 1.84 bits per heavy atom. The number of benzene rings is 2. The predicted octanol–water partition coefficient (Wildman–Crippen LogP) is 2.83. The van der Waals surface area contributed by atoms with E-state index in [1.165, 1.54) is 0 Å². The van der Waals surface area contributed by atoms with Crippen LogP contribution in [-0.2, 0) is 4.74 Å². The van der Waals surface area contributed by atoms with Crippen molar-refractivity contribution < 1.29 is 14.6 Å². The molecule has 2 heterocycles. The number of anilines is 1. The van der Waals surface area contributed by atoms with Gasteiger partial charge in [0.15, 0.2) is 5.82 Å². The molecule has 0 radical (unpaired) electrons. The van der Waals surface area contributed by atoms with Crippen LogP contribution in [0.1, 0.15) is 10.4 Å². The Kier molecular flexibility index (Phi) is 4.03. The molecule has 0 aliphatic carbocycles. The summed E-state index contributed by atoms with van der Waals surface area (Å²) in [6.07, 6.45) is 0. The molecule has 126 valence electrons. The van der Waals surface area contributed by atoms with Crippen LogP contribution in [0.15, 0.2) is 48.5 Å². The first-order valence-electron chi connectivity index (χ1n) is 8.15. The first kappa shape index (κ1) is 15.5. The summed E-state index contributed by atoms with van der Waals surface area (Å²) in [5.74, 6) is 0.434. The number of morpholine rings is 1. The molecule has 0 spiro atoms. The van der Waals surface area contributed by atoms with E-state index in [-0.39, 0.29) is 5.56 Å². The van der Waals surface area contributed by atoms with Crippen LogP contribution in [0.5, 0.6) is 0 Å². The minimum absolute atomic E-state index is 0.224. The molecule has 1 aliphatic heterocycles. The zero-order chi connectivity index (χ0) is 17.2. The van der Waals surface area contributed by atoms with Crippen molar-refractivity contribution in [3.8, 4) is 11.4 Å². The number of carboxylic acid groups (broad SMARTS) is 1. The predicted molar refractivity (Wildman–Crippen MR) is 95.0 cm³/mol. The van der Waals surface area contributed by atoms with Crippen molar-refractivity contribution in [2.75, 3.05) is 31.2 Å². The molecule has 6 nitrogen and oxygen atoms in total. The lowest BCUT2D eigenvalue weighted by molar-refractivity contribution is 0.0697. The lowest BCUT2D eigenvalue weighted by Crippen LogP contribution is -2.37. The van der Waals surface area contributed by atoms with Crippen molar-refractivity contribution in [2.24, 2.45) is 0 Å². The minimum Gasteiger partial charge on any atom is -0.478 e. The Balaban J connectivity index is 1.87. The summed E-state index contributed by atoms with van der Waals surface area (Å²) >= 11 is 0. The average Bonchev–Trinajstić information content (AvgIpc) is 2.68. The van der Waals surface area contributed by atoms with Crippen LogP contribution in [0.4, 0.5) is 5.82 Å². The standard InChI is InChI=1S/C19H17N3O3/c23-19(24)14-5-3-4-13(12-14)17-20-16-7-2-1-6-15(16)18(21-17)22-8-10-25-11-9-22/h1-7,12H,8-11H2,(H,23,24). The van der Waals surface area contributed by atoms with E-state index < -0.39 is 5.97 Å². The lowest BCUT2D eigenvalue weighted by atomic mass is 10.1. The minimum atomic E-state index is -0.962. The second kappa shape index (κ2) is 6.49. The molecule has 0 amide bonds. The maximum Gasteiger partial charge on any atom is 0.335 e. The highest BCUT2D eigenvalue weighted by Gasteiger charge is 2.18. The SMILES string of the molecule is O=C(O)c1cccc(-c2nc(N3CCOCC3)c3ccccc3n2)c1. The Morgan fingerprint density at radius 3 is 2.64 bits per heavy atom. The molecule has 1 saturated heterocycles. The van der Waals surface area contributed by atoms with Crippen molar-refractivity contribution in [3.63, 3.8) is 0 Å². The van der Waals surface area contributed by atoms with Gasteiger partial charge in [-0.15, -0.1) is 0 Å². The quantitative estimate of drug-likeness (QED) is 0.793. The Labute approximate surface area is 144 Å². The Morgan fingerprint density at radius 1 is 1.04 bits per heavy atom. The van der Waals surface area contributed by atoms with Crippen molar-refractivity contribution >= 4 is 22.7 Å². The molecular weight excluding hydrogens is 318 g/mol. The molecule has 1 fully saturated rings. The molecule has 0 bridgehead atoms. The van der Waals surface area contributed by atoms with Crippen molar-refractivity contribution in [3.05, 3.63) is 54.1 Å². The number of rotatable bonds is 3. The normalized spacial score (nSPS) is 14.6. The molecule has 1 aromatic heterocycles. The number of hydrogen-bond acceptors (Lipinski definition) is 5. The molecule has 3 aromatic rings. The van der Waals surface area contributed by atoms with Gasteiger partial charge >= 0.3 is 5.97 Å². The zero-order valence-corrected chi connectivity index (χ0v) is 13.6. The molecule has 1 aliphatic rings. The van der Waals surface area contributed by atoms with Crippen LogP contribution in [0.2, 0.25) is 0 Å². The summed E-state index contributed by atoms with van der Waals surface area (Å²) < 4.78 is 5.44. The number of aromatic nitrogens is 2. The number of ether oxygens (including phenoxy) is 1. The molecule has 4 rings (SSSR count). The molecule has 0 unspecified atom stereocenters. The zero-order valence-electron chi connectivity index (χ0n) is 13.6. The van der Waals surface area contributed by atoms with Gasteiger partial charge < -0.3 is 14.7 Å². The van der Waals surface area contributed by atoms with Crippen LogP contribution < -0.4 is 4.90 Å². The van der Waals surface area contributed by atoms with Crippen LogP contribution in [0, 0.1) is 0 Å². The number of carboxylic acids is 1. The van der Waals surface area contributed by atoms with Gasteiger partial charge in [0.05, 0.1) is 24.3 Å². The fourth-order valence-electron chi connectivity index (χ4n) is 3.00. The number of para-hydroxylation sites is 1. The number of hydrogen-bond donors (Lipinski definition) is 1. The van der Waals surface area contributed by atoms with Gasteiger partial charge in [-0.05, 0) is 24.3 Å². The van der Waals surface area contributed by atoms with Gasteiger partial charge in [-0.2, -0.15) is 0 Å². The van der Waals surface area contributed by atoms with E-state index in [2.05, 4.69) is 9.88 Å². The van der Waals surface area contributed by atoms with Gasteiger partial charge in [-0.1, -0.05) is 24.3 Å². The van der Waals surface area contributed by atoms with Gasteiger partial charge in [-0.3, -0.25) is 0 Å².